The molecule has 1 amide bonds. The second kappa shape index (κ2) is 10.4. The summed E-state index contributed by atoms with van der Waals surface area (Å²) in [7, 11) is 0. The van der Waals surface area contributed by atoms with E-state index in [2.05, 4.69) is 4.90 Å². The van der Waals surface area contributed by atoms with Gasteiger partial charge in [-0.15, -0.1) is 0 Å². The van der Waals surface area contributed by atoms with Gasteiger partial charge >= 0.3 is 5.97 Å². The fourth-order valence-corrected chi connectivity index (χ4v) is 2.88. The fraction of sp³-hybridized carbons (Fsp3) is 0.556. The second-order valence-electron chi connectivity index (χ2n) is 5.78. The first-order valence-corrected chi connectivity index (χ1v) is 8.99. The normalized spacial score (nSPS) is 15.0. The van der Waals surface area contributed by atoms with Crippen molar-refractivity contribution in [2.24, 2.45) is 0 Å². The van der Waals surface area contributed by atoms with E-state index in [1.807, 2.05) is 0 Å². The number of amides is 1. The molecule has 1 aromatic rings. The Kier molecular flexibility index (Phi) is 8.18. The van der Waals surface area contributed by atoms with Gasteiger partial charge in [-0.25, -0.2) is 0 Å². The van der Waals surface area contributed by atoms with E-state index >= 15 is 0 Å². The van der Waals surface area contributed by atoms with Gasteiger partial charge in [0.1, 0.15) is 0 Å². The number of hydrogen-bond donors (Lipinski definition) is 0. The summed E-state index contributed by atoms with van der Waals surface area (Å²) in [6.07, 6.45) is 0.174. The van der Waals surface area contributed by atoms with E-state index in [1.165, 1.54) is 0 Å². The molecule has 1 aliphatic heterocycles. The lowest BCUT2D eigenvalue weighted by molar-refractivity contribution is -0.143. The van der Waals surface area contributed by atoms with Crippen LogP contribution in [-0.4, -0.2) is 74.2 Å². The Morgan fingerprint density at radius 3 is 2.64 bits per heavy atom. The highest BCUT2D eigenvalue weighted by Gasteiger charge is 2.21. The summed E-state index contributed by atoms with van der Waals surface area (Å²) in [5.74, 6) is -0.464. The average molecular weight is 369 g/mol. The molecule has 0 spiro atoms. The molecule has 1 heterocycles. The number of halogens is 1. The van der Waals surface area contributed by atoms with Crippen LogP contribution in [-0.2, 0) is 14.3 Å². The van der Waals surface area contributed by atoms with E-state index in [-0.39, 0.29) is 18.3 Å². The second-order valence-corrected chi connectivity index (χ2v) is 6.19. The molecule has 2 rings (SSSR count). The highest BCUT2D eigenvalue weighted by Crippen LogP contribution is 2.17. The quantitative estimate of drug-likeness (QED) is 0.657. The first-order valence-electron chi connectivity index (χ1n) is 8.61. The lowest BCUT2D eigenvalue weighted by Gasteiger charge is -2.30. The van der Waals surface area contributed by atoms with E-state index in [9.17, 15) is 9.59 Å². The molecule has 7 heteroatoms. The van der Waals surface area contributed by atoms with Crippen molar-refractivity contribution in [3.8, 4) is 0 Å². The summed E-state index contributed by atoms with van der Waals surface area (Å²) in [5.41, 5.74) is 0.454. The molecule has 6 nitrogen and oxygen atoms in total. The van der Waals surface area contributed by atoms with Crippen LogP contribution in [0.2, 0.25) is 5.02 Å². The van der Waals surface area contributed by atoms with Crippen LogP contribution in [0.3, 0.4) is 0 Å². The Balaban J connectivity index is 2.00. The highest BCUT2D eigenvalue weighted by atomic mass is 35.5. The number of ether oxygens (including phenoxy) is 2. The van der Waals surface area contributed by atoms with Crippen LogP contribution in [0, 0.1) is 0 Å². The monoisotopic (exact) mass is 368 g/mol. The van der Waals surface area contributed by atoms with Crippen molar-refractivity contribution in [3.05, 3.63) is 34.9 Å². The molecule has 1 fully saturated rings. The zero-order chi connectivity index (χ0) is 18.1. The lowest BCUT2D eigenvalue weighted by atomic mass is 10.2. The largest absolute Gasteiger partial charge is 0.466 e. The van der Waals surface area contributed by atoms with Crippen molar-refractivity contribution in [2.45, 2.75) is 13.3 Å². The maximum Gasteiger partial charge on any atom is 0.307 e. The van der Waals surface area contributed by atoms with Crippen molar-refractivity contribution in [1.29, 1.82) is 0 Å². The highest BCUT2D eigenvalue weighted by molar-refractivity contribution is 6.33. The summed E-state index contributed by atoms with van der Waals surface area (Å²) in [6.45, 7) is 6.81. The minimum atomic E-state index is -0.300. The summed E-state index contributed by atoms with van der Waals surface area (Å²) in [6, 6.07) is 6.97. The Bertz CT molecular complexity index is 576. The third-order valence-electron chi connectivity index (χ3n) is 4.07. The number of morpholine rings is 1. The summed E-state index contributed by atoms with van der Waals surface area (Å²) < 4.78 is 10.3. The van der Waals surface area contributed by atoms with Gasteiger partial charge in [0.25, 0.3) is 5.91 Å². The molecular weight excluding hydrogens is 344 g/mol. The first kappa shape index (κ1) is 19.7. The number of carbonyl (C=O) groups excluding carboxylic acids is 2. The SMILES string of the molecule is CCOC(=O)CCN(CCN1CCOCC1)C(=O)c1ccccc1Cl. The first-order chi connectivity index (χ1) is 12.1. The zero-order valence-corrected chi connectivity index (χ0v) is 15.3. The number of carbonyl (C=O) groups is 2. The Hall–Kier alpha value is -1.63. The van der Waals surface area contributed by atoms with Gasteiger partial charge in [0, 0.05) is 32.7 Å². The van der Waals surface area contributed by atoms with Crippen LogP contribution in [0.1, 0.15) is 23.7 Å². The van der Waals surface area contributed by atoms with Gasteiger partial charge in [-0.3, -0.25) is 14.5 Å². The van der Waals surface area contributed by atoms with Crippen LogP contribution in [0.25, 0.3) is 0 Å². The molecule has 25 heavy (non-hydrogen) atoms. The van der Waals surface area contributed by atoms with Crippen LogP contribution < -0.4 is 0 Å². The van der Waals surface area contributed by atoms with Crippen molar-refractivity contribution < 1.29 is 19.1 Å². The van der Waals surface area contributed by atoms with Crippen molar-refractivity contribution in [2.75, 3.05) is 52.5 Å². The smallest absolute Gasteiger partial charge is 0.307 e. The molecule has 0 radical (unpaired) electrons. The zero-order valence-electron chi connectivity index (χ0n) is 14.6. The van der Waals surface area contributed by atoms with E-state index in [0.717, 1.165) is 19.6 Å². The number of hydrogen-bond acceptors (Lipinski definition) is 5. The molecule has 1 saturated heterocycles. The van der Waals surface area contributed by atoms with Crippen molar-refractivity contribution in [3.63, 3.8) is 0 Å². The molecule has 1 aromatic carbocycles. The topological polar surface area (TPSA) is 59.1 Å². The molecule has 138 valence electrons. The predicted octanol–water partition coefficient (Wildman–Crippen LogP) is 2.07. The van der Waals surface area contributed by atoms with Crippen molar-refractivity contribution in [1.82, 2.24) is 9.80 Å². The summed E-state index contributed by atoms with van der Waals surface area (Å²) in [5, 5.41) is 0.417. The molecular formula is C18H25ClN2O4. The van der Waals surface area contributed by atoms with Gasteiger partial charge < -0.3 is 14.4 Å². The molecule has 0 unspecified atom stereocenters. The van der Waals surface area contributed by atoms with Gasteiger partial charge in [-0.05, 0) is 19.1 Å². The summed E-state index contributed by atoms with van der Waals surface area (Å²) >= 11 is 6.16. The van der Waals surface area contributed by atoms with Gasteiger partial charge in [0.05, 0.1) is 36.8 Å². The number of esters is 1. The molecule has 0 aliphatic carbocycles. The predicted molar refractivity (Wildman–Crippen MR) is 95.9 cm³/mol. The Morgan fingerprint density at radius 2 is 1.96 bits per heavy atom. The molecule has 0 N–H and O–H groups in total. The van der Waals surface area contributed by atoms with Crippen molar-refractivity contribution >= 4 is 23.5 Å². The van der Waals surface area contributed by atoms with Crippen LogP contribution in [0.15, 0.2) is 24.3 Å². The molecule has 0 bridgehead atoms. The van der Waals surface area contributed by atoms with Crippen LogP contribution in [0.5, 0.6) is 0 Å². The van der Waals surface area contributed by atoms with Crippen LogP contribution >= 0.6 is 11.6 Å². The van der Waals surface area contributed by atoms with Gasteiger partial charge in [-0.1, -0.05) is 23.7 Å². The van der Waals surface area contributed by atoms with Gasteiger partial charge in [0.2, 0.25) is 0 Å². The van der Waals surface area contributed by atoms with Crippen LogP contribution in [0.4, 0.5) is 0 Å². The Morgan fingerprint density at radius 1 is 1.24 bits per heavy atom. The van der Waals surface area contributed by atoms with E-state index in [1.54, 1.807) is 36.1 Å². The van der Waals surface area contributed by atoms with Gasteiger partial charge in [0.15, 0.2) is 0 Å². The molecule has 0 atom stereocenters. The van der Waals surface area contributed by atoms with Gasteiger partial charge in [-0.2, -0.15) is 0 Å². The standard InChI is InChI=1S/C18H25ClN2O4/c1-2-25-17(22)7-8-21(10-9-20-11-13-24-14-12-20)18(23)15-5-3-4-6-16(15)19/h3-6H,2,7-14H2,1H3. The minimum absolute atomic E-state index is 0.164. The maximum atomic E-state index is 12.9. The fourth-order valence-electron chi connectivity index (χ4n) is 2.67. The summed E-state index contributed by atoms with van der Waals surface area (Å²) in [4.78, 5) is 28.4. The Labute approximate surface area is 153 Å². The lowest BCUT2D eigenvalue weighted by Crippen LogP contribution is -2.43. The van der Waals surface area contributed by atoms with E-state index in [0.29, 0.717) is 43.5 Å². The molecule has 0 saturated carbocycles. The minimum Gasteiger partial charge on any atom is -0.466 e. The van der Waals surface area contributed by atoms with E-state index in [4.69, 9.17) is 21.1 Å². The number of benzene rings is 1. The third kappa shape index (κ3) is 6.30. The number of nitrogens with zero attached hydrogens (tertiary/aromatic N) is 2. The van der Waals surface area contributed by atoms with E-state index < -0.39 is 0 Å². The maximum absolute atomic E-state index is 12.9. The molecule has 1 aliphatic rings. The molecule has 0 aromatic heterocycles. The average Bonchev–Trinajstić information content (AvgIpc) is 2.63. The third-order valence-corrected chi connectivity index (χ3v) is 4.40. The number of rotatable bonds is 8.